The molecule has 2 rings (SSSR count). The topological polar surface area (TPSA) is 32.3 Å². The molecule has 0 aliphatic heterocycles. The van der Waals surface area contributed by atoms with E-state index in [0.717, 1.165) is 18.2 Å². The minimum atomic E-state index is -0.409. The van der Waals surface area contributed by atoms with Gasteiger partial charge in [-0.05, 0) is 46.5 Å². The third kappa shape index (κ3) is 3.28. The Labute approximate surface area is 104 Å². The first kappa shape index (κ1) is 12.1. The second-order valence-corrected chi connectivity index (χ2v) is 4.74. The maximum Gasteiger partial charge on any atom is 0.127 e. The lowest BCUT2D eigenvalue weighted by Gasteiger charge is -2.05. The Morgan fingerprint density at radius 1 is 1.24 bits per heavy atom. The van der Waals surface area contributed by atoms with Gasteiger partial charge in [0.05, 0.1) is 0 Å². The average Bonchev–Trinajstić information content (AvgIpc) is 2.63. The molecule has 0 fully saturated rings. The molecule has 0 atom stereocenters. The lowest BCUT2D eigenvalue weighted by molar-refractivity contribution is 0.467. The molecule has 0 spiro atoms. The zero-order valence-corrected chi connectivity index (χ0v) is 10.4. The molecule has 0 saturated heterocycles. The number of aryl methyl sites for hydroxylation is 1. The van der Waals surface area contributed by atoms with Crippen molar-refractivity contribution in [3.8, 4) is 5.75 Å². The number of halogens is 1. The van der Waals surface area contributed by atoms with Crippen LogP contribution in [0.1, 0.15) is 16.7 Å². The Bertz CT molecular complexity index is 490. The minimum absolute atomic E-state index is 0.0338. The summed E-state index contributed by atoms with van der Waals surface area (Å²) in [5.41, 5.74) is 3.27. The van der Waals surface area contributed by atoms with E-state index in [1.165, 1.54) is 17.2 Å². The van der Waals surface area contributed by atoms with Crippen molar-refractivity contribution in [3.63, 3.8) is 0 Å². The molecule has 0 saturated carbocycles. The monoisotopic (exact) mass is 251 g/mol. The Balaban J connectivity index is 1.92. The van der Waals surface area contributed by atoms with Gasteiger partial charge in [-0.15, -0.1) is 0 Å². The van der Waals surface area contributed by atoms with Crippen LogP contribution in [-0.2, 0) is 13.1 Å². The summed E-state index contributed by atoms with van der Waals surface area (Å²) in [6.07, 6.45) is 0. The number of hydrogen-bond acceptors (Lipinski definition) is 3. The molecule has 17 heavy (non-hydrogen) atoms. The summed E-state index contributed by atoms with van der Waals surface area (Å²) in [5, 5.41) is 16.7. The summed E-state index contributed by atoms with van der Waals surface area (Å²) in [7, 11) is 0. The van der Waals surface area contributed by atoms with Gasteiger partial charge < -0.3 is 10.4 Å². The Morgan fingerprint density at radius 3 is 2.71 bits per heavy atom. The van der Waals surface area contributed by atoms with Crippen LogP contribution in [0.5, 0.6) is 5.75 Å². The van der Waals surface area contributed by atoms with Crippen molar-refractivity contribution in [2.24, 2.45) is 0 Å². The molecule has 1 aromatic heterocycles. The number of nitrogens with one attached hydrogen (secondary N) is 1. The average molecular weight is 251 g/mol. The fraction of sp³-hybridized carbons (Fsp3) is 0.231. The van der Waals surface area contributed by atoms with Gasteiger partial charge in [-0.2, -0.15) is 11.3 Å². The van der Waals surface area contributed by atoms with E-state index in [-0.39, 0.29) is 5.75 Å². The normalized spacial score (nSPS) is 10.7. The van der Waals surface area contributed by atoms with Crippen molar-refractivity contribution in [3.05, 3.63) is 51.5 Å². The van der Waals surface area contributed by atoms with E-state index < -0.39 is 5.82 Å². The molecule has 0 unspecified atom stereocenters. The maximum atomic E-state index is 13.0. The van der Waals surface area contributed by atoms with Gasteiger partial charge in [0.1, 0.15) is 11.6 Å². The first-order valence-electron chi connectivity index (χ1n) is 5.36. The van der Waals surface area contributed by atoms with Gasteiger partial charge in [-0.25, -0.2) is 4.39 Å². The summed E-state index contributed by atoms with van der Waals surface area (Å²) < 4.78 is 13.0. The van der Waals surface area contributed by atoms with Crippen LogP contribution in [0, 0.1) is 12.7 Å². The Morgan fingerprint density at radius 2 is 2.06 bits per heavy atom. The summed E-state index contributed by atoms with van der Waals surface area (Å²) in [4.78, 5) is 0. The van der Waals surface area contributed by atoms with Gasteiger partial charge in [-0.1, -0.05) is 0 Å². The first-order valence-corrected chi connectivity index (χ1v) is 6.30. The van der Waals surface area contributed by atoms with Crippen LogP contribution in [-0.4, -0.2) is 5.11 Å². The van der Waals surface area contributed by atoms with Crippen LogP contribution in [0.15, 0.2) is 29.0 Å². The standard InChI is InChI=1S/C13H14FNOS/c1-9-7-17-8-11(9)6-15-5-10-2-12(14)4-13(16)3-10/h2-4,7-8,15-16H,5-6H2,1H3. The molecule has 1 aromatic carbocycles. The van der Waals surface area contributed by atoms with Crippen LogP contribution in [0.3, 0.4) is 0 Å². The Hall–Kier alpha value is -1.39. The molecule has 2 nitrogen and oxygen atoms in total. The zero-order valence-electron chi connectivity index (χ0n) is 9.53. The first-order chi connectivity index (χ1) is 8.15. The van der Waals surface area contributed by atoms with Gasteiger partial charge in [0.2, 0.25) is 0 Å². The van der Waals surface area contributed by atoms with Gasteiger partial charge in [0, 0.05) is 19.2 Å². The van der Waals surface area contributed by atoms with E-state index >= 15 is 0 Å². The molecule has 0 aliphatic rings. The highest BCUT2D eigenvalue weighted by atomic mass is 32.1. The van der Waals surface area contributed by atoms with Crippen molar-refractivity contribution in [2.45, 2.75) is 20.0 Å². The Kier molecular flexibility index (Phi) is 3.76. The minimum Gasteiger partial charge on any atom is -0.508 e. The van der Waals surface area contributed by atoms with Gasteiger partial charge in [0.15, 0.2) is 0 Å². The lowest BCUT2D eigenvalue weighted by Crippen LogP contribution is -2.12. The van der Waals surface area contributed by atoms with Gasteiger partial charge >= 0.3 is 0 Å². The summed E-state index contributed by atoms with van der Waals surface area (Å²) in [5.74, 6) is -0.443. The molecule has 0 aliphatic carbocycles. The lowest BCUT2D eigenvalue weighted by atomic mass is 10.2. The zero-order chi connectivity index (χ0) is 12.3. The fourth-order valence-electron chi connectivity index (χ4n) is 1.64. The highest BCUT2D eigenvalue weighted by Crippen LogP contribution is 2.16. The highest BCUT2D eigenvalue weighted by Gasteiger charge is 2.01. The van der Waals surface area contributed by atoms with E-state index in [1.807, 2.05) is 0 Å². The predicted octanol–water partition coefficient (Wildman–Crippen LogP) is 3.19. The second kappa shape index (κ2) is 5.29. The van der Waals surface area contributed by atoms with Crippen LogP contribution in [0.2, 0.25) is 0 Å². The number of hydrogen-bond donors (Lipinski definition) is 2. The smallest absolute Gasteiger partial charge is 0.127 e. The SMILES string of the molecule is Cc1cscc1CNCc1cc(O)cc(F)c1. The molecular weight excluding hydrogens is 237 g/mol. The quantitative estimate of drug-likeness (QED) is 0.874. The maximum absolute atomic E-state index is 13.0. The number of thiophene rings is 1. The number of rotatable bonds is 4. The highest BCUT2D eigenvalue weighted by molar-refractivity contribution is 7.08. The van der Waals surface area contributed by atoms with Gasteiger partial charge in [-0.3, -0.25) is 0 Å². The molecule has 0 radical (unpaired) electrons. The predicted molar refractivity (Wildman–Crippen MR) is 67.7 cm³/mol. The van der Waals surface area contributed by atoms with Crippen molar-refractivity contribution >= 4 is 11.3 Å². The third-order valence-corrected chi connectivity index (χ3v) is 3.46. The number of phenols is 1. The fourth-order valence-corrected chi connectivity index (χ4v) is 2.50. The molecule has 0 amide bonds. The van der Waals surface area contributed by atoms with Crippen LogP contribution >= 0.6 is 11.3 Å². The van der Waals surface area contributed by atoms with E-state index in [1.54, 1.807) is 17.4 Å². The van der Waals surface area contributed by atoms with Gasteiger partial charge in [0.25, 0.3) is 0 Å². The van der Waals surface area contributed by atoms with E-state index in [9.17, 15) is 9.50 Å². The van der Waals surface area contributed by atoms with E-state index in [4.69, 9.17) is 0 Å². The largest absolute Gasteiger partial charge is 0.508 e. The van der Waals surface area contributed by atoms with E-state index in [2.05, 4.69) is 23.0 Å². The molecule has 0 bridgehead atoms. The molecule has 4 heteroatoms. The van der Waals surface area contributed by atoms with Crippen molar-refractivity contribution in [1.29, 1.82) is 0 Å². The molecule has 2 N–H and O–H groups in total. The van der Waals surface area contributed by atoms with Crippen molar-refractivity contribution in [1.82, 2.24) is 5.32 Å². The van der Waals surface area contributed by atoms with E-state index in [0.29, 0.717) is 6.54 Å². The summed E-state index contributed by atoms with van der Waals surface area (Å²) >= 11 is 1.68. The van der Waals surface area contributed by atoms with Crippen molar-refractivity contribution < 1.29 is 9.50 Å². The molecule has 1 heterocycles. The van der Waals surface area contributed by atoms with Crippen molar-refractivity contribution in [2.75, 3.05) is 0 Å². The number of phenolic OH excluding ortho intramolecular Hbond substituents is 1. The number of aromatic hydroxyl groups is 1. The third-order valence-electron chi connectivity index (χ3n) is 2.55. The summed E-state index contributed by atoms with van der Waals surface area (Å²) in [6.45, 7) is 3.37. The van der Waals surface area contributed by atoms with Crippen LogP contribution < -0.4 is 5.32 Å². The second-order valence-electron chi connectivity index (χ2n) is 4.00. The summed E-state index contributed by atoms with van der Waals surface area (Å²) in [6, 6.07) is 4.09. The molecule has 90 valence electrons. The van der Waals surface area contributed by atoms with Crippen LogP contribution in [0.25, 0.3) is 0 Å². The molecular formula is C13H14FNOS. The van der Waals surface area contributed by atoms with Crippen LogP contribution in [0.4, 0.5) is 4.39 Å². The molecule has 2 aromatic rings. The number of benzene rings is 1.